The van der Waals surface area contributed by atoms with Crippen molar-refractivity contribution in [1.82, 2.24) is 10.4 Å². The number of nitrogens with zero attached hydrogens (tertiary/aromatic N) is 2. The zero-order valence-corrected chi connectivity index (χ0v) is 15.2. The van der Waals surface area contributed by atoms with E-state index >= 15 is 0 Å². The van der Waals surface area contributed by atoms with Gasteiger partial charge in [-0.05, 0) is 29.8 Å². The second kappa shape index (κ2) is 7.83. The SMILES string of the molecule is COc1cccc(/C=N\NC(=O)Cc2ccc3nc(N)sc3c2)c1OC. The molecule has 0 spiro atoms. The average Bonchev–Trinajstić information content (AvgIpc) is 3.00. The van der Waals surface area contributed by atoms with Gasteiger partial charge in [0.15, 0.2) is 16.6 Å². The lowest BCUT2D eigenvalue weighted by molar-refractivity contribution is -0.120. The summed E-state index contributed by atoms with van der Waals surface area (Å²) in [6.45, 7) is 0. The first kappa shape index (κ1) is 17.7. The molecule has 3 rings (SSSR count). The summed E-state index contributed by atoms with van der Waals surface area (Å²) >= 11 is 1.40. The van der Waals surface area contributed by atoms with E-state index in [-0.39, 0.29) is 12.3 Å². The van der Waals surface area contributed by atoms with E-state index in [0.717, 1.165) is 15.8 Å². The minimum Gasteiger partial charge on any atom is -0.493 e. The highest BCUT2D eigenvalue weighted by atomic mass is 32.1. The first-order valence-electron chi connectivity index (χ1n) is 7.78. The number of ether oxygens (including phenoxy) is 2. The number of para-hydroxylation sites is 1. The molecule has 7 nitrogen and oxygen atoms in total. The van der Waals surface area contributed by atoms with Crippen molar-refractivity contribution in [3.8, 4) is 11.5 Å². The van der Waals surface area contributed by atoms with Crippen LogP contribution in [0.1, 0.15) is 11.1 Å². The van der Waals surface area contributed by atoms with Crippen LogP contribution in [-0.2, 0) is 11.2 Å². The number of nitrogen functional groups attached to an aromatic ring is 1. The highest BCUT2D eigenvalue weighted by Gasteiger charge is 2.08. The average molecular weight is 370 g/mol. The molecule has 2 aromatic carbocycles. The maximum Gasteiger partial charge on any atom is 0.244 e. The number of aromatic nitrogens is 1. The topological polar surface area (TPSA) is 98.8 Å². The first-order valence-corrected chi connectivity index (χ1v) is 8.60. The van der Waals surface area contributed by atoms with Crippen LogP contribution in [0.15, 0.2) is 41.5 Å². The number of rotatable bonds is 6. The minimum atomic E-state index is -0.222. The molecule has 0 radical (unpaired) electrons. The Morgan fingerprint density at radius 2 is 2.15 bits per heavy atom. The van der Waals surface area contributed by atoms with Gasteiger partial charge in [0, 0.05) is 5.56 Å². The van der Waals surface area contributed by atoms with Crippen LogP contribution < -0.4 is 20.6 Å². The Labute approximate surface area is 154 Å². The molecule has 8 heteroatoms. The highest BCUT2D eigenvalue weighted by Crippen LogP contribution is 2.29. The maximum absolute atomic E-state index is 12.1. The van der Waals surface area contributed by atoms with Crippen LogP contribution in [-0.4, -0.2) is 31.3 Å². The summed E-state index contributed by atoms with van der Waals surface area (Å²) in [6.07, 6.45) is 1.73. The standard InChI is InChI=1S/C18H18N4O3S/c1-24-14-5-3-4-12(17(14)25-2)10-20-22-16(23)9-11-6-7-13-15(8-11)26-18(19)21-13/h3-8,10H,9H2,1-2H3,(H2,19,21)(H,22,23)/b20-10-. The number of hydrogen-bond donors (Lipinski definition) is 2. The van der Waals surface area contributed by atoms with Crippen LogP contribution in [0.3, 0.4) is 0 Å². The van der Waals surface area contributed by atoms with Crippen molar-refractivity contribution < 1.29 is 14.3 Å². The van der Waals surface area contributed by atoms with E-state index in [1.165, 1.54) is 17.6 Å². The second-order valence-electron chi connectivity index (χ2n) is 5.41. The van der Waals surface area contributed by atoms with E-state index in [9.17, 15) is 4.79 Å². The Morgan fingerprint density at radius 1 is 1.31 bits per heavy atom. The Balaban J connectivity index is 1.65. The Kier molecular flexibility index (Phi) is 5.33. The fourth-order valence-electron chi connectivity index (χ4n) is 2.51. The number of benzene rings is 2. The second-order valence-corrected chi connectivity index (χ2v) is 6.47. The van der Waals surface area contributed by atoms with E-state index < -0.39 is 0 Å². The van der Waals surface area contributed by atoms with Crippen LogP contribution in [0.4, 0.5) is 5.13 Å². The zero-order chi connectivity index (χ0) is 18.5. The number of carbonyl (C=O) groups is 1. The smallest absolute Gasteiger partial charge is 0.244 e. The van der Waals surface area contributed by atoms with E-state index in [0.29, 0.717) is 22.2 Å². The number of nitrogens with one attached hydrogen (secondary N) is 1. The van der Waals surface area contributed by atoms with E-state index in [1.807, 2.05) is 30.3 Å². The molecule has 134 valence electrons. The van der Waals surface area contributed by atoms with Crippen LogP contribution in [0.2, 0.25) is 0 Å². The van der Waals surface area contributed by atoms with Crippen LogP contribution >= 0.6 is 11.3 Å². The zero-order valence-electron chi connectivity index (χ0n) is 14.4. The van der Waals surface area contributed by atoms with Gasteiger partial charge in [0.25, 0.3) is 0 Å². The fraction of sp³-hybridized carbons (Fsp3) is 0.167. The van der Waals surface area contributed by atoms with Crippen LogP contribution in [0.25, 0.3) is 10.2 Å². The van der Waals surface area contributed by atoms with Crippen LogP contribution in [0.5, 0.6) is 11.5 Å². The largest absolute Gasteiger partial charge is 0.493 e. The van der Waals surface area contributed by atoms with Crippen LogP contribution in [0, 0.1) is 0 Å². The number of methoxy groups -OCH3 is 2. The normalized spacial score (nSPS) is 11.0. The third-order valence-electron chi connectivity index (χ3n) is 3.66. The molecule has 0 unspecified atom stereocenters. The number of carbonyl (C=O) groups excluding carboxylic acids is 1. The van der Waals surface area contributed by atoms with Gasteiger partial charge in [0.2, 0.25) is 5.91 Å². The van der Waals surface area contributed by atoms with Crippen molar-refractivity contribution in [2.45, 2.75) is 6.42 Å². The van der Waals surface area contributed by atoms with Gasteiger partial charge in [-0.1, -0.05) is 23.5 Å². The summed E-state index contributed by atoms with van der Waals surface area (Å²) in [7, 11) is 3.12. The maximum atomic E-state index is 12.1. The summed E-state index contributed by atoms with van der Waals surface area (Å²) in [4.78, 5) is 16.3. The highest BCUT2D eigenvalue weighted by molar-refractivity contribution is 7.22. The van der Waals surface area contributed by atoms with Crippen molar-refractivity contribution in [3.05, 3.63) is 47.5 Å². The van der Waals surface area contributed by atoms with Crippen molar-refractivity contribution in [2.75, 3.05) is 20.0 Å². The molecule has 0 bridgehead atoms. The number of nitrogens with two attached hydrogens (primary N) is 1. The first-order chi connectivity index (χ1) is 12.6. The Hall–Kier alpha value is -3.13. The van der Waals surface area contributed by atoms with E-state index in [1.54, 1.807) is 20.3 Å². The van der Waals surface area contributed by atoms with Gasteiger partial charge in [-0.2, -0.15) is 5.10 Å². The molecule has 1 amide bonds. The molecule has 0 aliphatic heterocycles. The number of anilines is 1. The summed E-state index contributed by atoms with van der Waals surface area (Å²) in [5, 5.41) is 4.51. The minimum absolute atomic E-state index is 0.209. The number of hydrogen-bond acceptors (Lipinski definition) is 7. The predicted molar refractivity (Wildman–Crippen MR) is 103 cm³/mol. The molecule has 3 aromatic rings. The predicted octanol–water partition coefficient (Wildman–Crippen LogP) is 2.59. The van der Waals surface area contributed by atoms with Crippen molar-refractivity contribution in [1.29, 1.82) is 0 Å². The van der Waals surface area contributed by atoms with Gasteiger partial charge < -0.3 is 15.2 Å². The molecule has 0 saturated carbocycles. The Bertz CT molecular complexity index is 968. The number of thiazole rings is 1. The molecule has 0 aliphatic carbocycles. The lowest BCUT2D eigenvalue weighted by atomic mass is 10.1. The number of hydrazone groups is 1. The van der Waals surface area contributed by atoms with Gasteiger partial charge in [-0.3, -0.25) is 4.79 Å². The molecular weight excluding hydrogens is 352 g/mol. The van der Waals surface area contributed by atoms with Crippen molar-refractivity contribution >= 4 is 38.8 Å². The van der Waals surface area contributed by atoms with Crippen molar-refractivity contribution in [2.24, 2.45) is 5.10 Å². The van der Waals surface area contributed by atoms with Gasteiger partial charge >= 0.3 is 0 Å². The molecule has 0 fully saturated rings. The lowest BCUT2D eigenvalue weighted by Crippen LogP contribution is -2.19. The fourth-order valence-corrected chi connectivity index (χ4v) is 3.31. The number of fused-ring (bicyclic) bond motifs is 1. The molecule has 0 saturated heterocycles. The number of amides is 1. The molecule has 26 heavy (non-hydrogen) atoms. The molecule has 1 aromatic heterocycles. The summed E-state index contributed by atoms with van der Waals surface area (Å²) in [5.74, 6) is 0.932. The lowest BCUT2D eigenvalue weighted by Gasteiger charge is -2.09. The summed E-state index contributed by atoms with van der Waals surface area (Å²) < 4.78 is 11.5. The van der Waals surface area contributed by atoms with E-state index in [2.05, 4.69) is 15.5 Å². The van der Waals surface area contributed by atoms with Crippen molar-refractivity contribution in [3.63, 3.8) is 0 Å². The monoisotopic (exact) mass is 370 g/mol. The summed E-state index contributed by atoms with van der Waals surface area (Å²) in [6, 6.07) is 11.1. The molecule has 3 N–H and O–H groups in total. The third kappa shape index (κ3) is 3.92. The third-order valence-corrected chi connectivity index (χ3v) is 4.51. The summed E-state index contributed by atoms with van der Waals surface area (Å²) in [5.41, 5.74) is 10.6. The molecule has 0 aliphatic rings. The van der Waals surface area contributed by atoms with Gasteiger partial charge in [-0.15, -0.1) is 0 Å². The quantitative estimate of drug-likeness (QED) is 0.513. The van der Waals surface area contributed by atoms with Gasteiger partial charge in [-0.25, -0.2) is 10.4 Å². The molecular formula is C18H18N4O3S. The van der Waals surface area contributed by atoms with E-state index in [4.69, 9.17) is 15.2 Å². The molecule has 0 atom stereocenters. The molecule has 1 heterocycles. The van der Waals surface area contributed by atoms with Gasteiger partial charge in [0.05, 0.1) is 37.1 Å². The van der Waals surface area contributed by atoms with Gasteiger partial charge in [0.1, 0.15) is 0 Å². The Morgan fingerprint density at radius 3 is 2.92 bits per heavy atom.